The highest BCUT2D eigenvalue weighted by atomic mass is 32.2. The van der Waals surface area contributed by atoms with Crippen LogP contribution in [0.2, 0.25) is 0 Å². The lowest BCUT2D eigenvalue weighted by molar-refractivity contribution is 0.590. The van der Waals surface area contributed by atoms with Crippen LogP contribution in [0.1, 0.15) is 32.0 Å². The number of hydrogen-bond donors (Lipinski definition) is 1. The van der Waals surface area contributed by atoms with Crippen LogP contribution < -0.4 is 5.73 Å². The van der Waals surface area contributed by atoms with Crippen LogP contribution in [-0.2, 0) is 11.2 Å². The zero-order valence-corrected chi connectivity index (χ0v) is 12.5. The standard InChI is InChI=1S/C16H20N2S/c1-16(2,3)12-4-6-15(7-5-12)19-11-14-10-13(17)8-9-18-14/h4-10H,11H2,1-3H3,(H2,17,18). The minimum absolute atomic E-state index is 0.207. The second-order valence-corrected chi connectivity index (χ2v) is 6.69. The van der Waals surface area contributed by atoms with Crippen LogP contribution in [0.3, 0.4) is 0 Å². The first-order valence-corrected chi connectivity index (χ1v) is 7.37. The van der Waals surface area contributed by atoms with Crippen molar-refractivity contribution in [2.24, 2.45) is 0 Å². The summed E-state index contributed by atoms with van der Waals surface area (Å²) in [6.45, 7) is 6.68. The van der Waals surface area contributed by atoms with Crippen LogP contribution >= 0.6 is 11.8 Å². The molecule has 2 nitrogen and oxygen atoms in total. The second kappa shape index (κ2) is 5.66. The minimum Gasteiger partial charge on any atom is -0.399 e. The first-order valence-electron chi connectivity index (χ1n) is 6.39. The van der Waals surface area contributed by atoms with Gasteiger partial charge >= 0.3 is 0 Å². The van der Waals surface area contributed by atoms with Crippen molar-refractivity contribution >= 4 is 17.4 Å². The summed E-state index contributed by atoms with van der Waals surface area (Å²) in [6, 6.07) is 12.5. The van der Waals surface area contributed by atoms with Gasteiger partial charge in [0.25, 0.3) is 0 Å². The zero-order valence-electron chi connectivity index (χ0n) is 11.7. The van der Waals surface area contributed by atoms with Gasteiger partial charge in [0.2, 0.25) is 0 Å². The van der Waals surface area contributed by atoms with Gasteiger partial charge in [-0.05, 0) is 35.2 Å². The number of pyridine rings is 1. The number of hydrogen-bond acceptors (Lipinski definition) is 3. The van der Waals surface area contributed by atoms with Crippen molar-refractivity contribution < 1.29 is 0 Å². The third-order valence-corrected chi connectivity index (χ3v) is 3.99. The molecule has 0 fully saturated rings. The van der Waals surface area contributed by atoms with E-state index in [9.17, 15) is 0 Å². The highest BCUT2D eigenvalue weighted by Crippen LogP contribution is 2.27. The number of thioether (sulfide) groups is 1. The monoisotopic (exact) mass is 272 g/mol. The molecule has 0 aliphatic carbocycles. The lowest BCUT2D eigenvalue weighted by atomic mass is 9.87. The molecule has 19 heavy (non-hydrogen) atoms. The summed E-state index contributed by atoms with van der Waals surface area (Å²) in [4.78, 5) is 5.57. The molecule has 0 aliphatic heterocycles. The minimum atomic E-state index is 0.207. The molecule has 0 atom stereocenters. The molecule has 100 valence electrons. The lowest BCUT2D eigenvalue weighted by Crippen LogP contribution is -2.10. The Labute approximate surface area is 119 Å². The van der Waals surface area contributed by atoms with Crippen molar-refractivity contribution in [3.8, 4) is 0 Å². The summed E-state index contributed by atoms with van der Waals surface area (Å²) in [6.07, 6.45) is 1.76. The number of nitrogens with two attached hydrogens (primary N) is 1. The van der Waals surface area contributed by atoms with E-state index in [0.29, 0.717) is 0 Å². The van der Waals surface area contributed by atoms with Gasteiger partial charge < -0.3 is 5.73 Å². The number of benzene rings is 1. The first-order chi connectivity index (χ1) is 8.95. The molecule has 0 aliphatic rings. The lowest BCUT2D eigenvalue weighted by Gasteiger charge is -2.19. The molecule has 0 spiro atoms. The van der Waals surface area contributed by atoms with E-state index in [0.717, 1.165) is 17.1 Å². The van der Waals surface area contributed by atoms with Crippen molar-refractivity contribution in [3.05, 3.63) is 53.9 Å². The molecule has 0 unspecified atom stereocenters. The fourth-order valence-corrected chi connectivity index (χ4v) is 2.59. The predicted molar refractivity (Wildman–Crippen MR) is 83.4 cm³/mol. The summed E-state index contributed by atoms with van der Waals surface area (Å²) in [7, 11) is 0. The average molecular weight is 272 g/mol. The van der Waals surface area contributed by atoms with Crippen LogP contribution in [-0.4, -0.2) is 4.98 Å². The van der Waals surface area contributed by atoms with E-state index in [-0.39, 0.29) is 5.41 Å². The molecule has 0 bridgehead atoms. The van der Waals surface area contributed by atoms with Gasteiger partial charge in [0.1, 0.15) is 0 Å². The normalized spacial score (nSPS) is 11.5. The summed E-state index contributed by atoms with van der Waals surface area (Å²) in [5, 5.41) is 0. The van der Waals surface area contributed by atoms with E-state index in [2.05, 4.69) is 50.0 Å². The van der Waals surface area contributed by atoms with Gasteiger partial charge in [0.05, 0.1) is 5.69 Å². The molecule has 1 heterocycles. The van der Waals surface area contributed by atoms with Crippen molar-refractivity contribution in [2.75, 3.05) is 5.73 Å². The Balaban J connectivity index is 2.01. The van der Waals surface area contributed by atoms with E-state index in [1.807, 2.05) is 12.1 Å². The number of nitrogen functional groups attached to an aromatic ring is 1. The number of aromatic nitrogens is 1. The summed E-state index contributed by atoms with van der Waals surface area (Å²) in [5.41, 5.74) is 9.10. The van der Waals surface area contributed by atoms with Crippen molar-refractivity contribution in [2.45, 2.75) is 36.8 Å². The van der Waals surface area contributed by atoms with E-state index >= 15 is 0 Å². The fourth-order valence-electron chi connectivity index (χ4n) is 1.78. The van der Waals surface area contributed by atoms with E-state index < -0.39 is 0 Å². The van der Waals surface area contributed by atoms with Crippen LogP contribution in [0.15, 0.2) is 47.5 Å². The van der Waals surface area contributed by atoms with Gasteiger partial charge in [-0.25, -0.2) is 0 Å². The van der Waals surface area contributed by atoms with Gasteiger partial charge in [0, 0.05) is 22.5 Å². The van der Waals surface area contributed by atoms with Crippen molar-refractivity contribution in [1.82, 2.24) is 4.98 Å². The molecule has 0 amide bonds. The molecule has 2 N–H and O–H groups in total. The highest BCUT2D eigenvalue weighted by Gasteiger charge is 2.12. The average Bonchev–Trinajstić information content (AvgIpc) is 2.36. The maximum Gasteiger partial charge on any atom is 0.0526 e. The Morgan fingerprint density at radius 3 is 2.37 bits per heavy atom. The van der Waals surface area contributed by atoms with E-state index in [1.54, 1.807) is 18.0 Å². The van der Waals surface area contributed by atoms with Crippen LogP contribution in [0.4, 0.5) is 5.69 Å². The summed E-state index contributed by atoms with van der Waals surface area (Å²) in [5.74, 6) is 0.847. The summed E-state index contributed by atoms with van der Waals surface area (Å²) >= 11 is 1.78. The summed E-state index contributed by atoms with van der Waals surface area (Å²) < 4.78 is 0. The molecule has 0 radical (unpaired) electrons. The zero-order chi connectivity index (χ0) is 13.9. The van der Waals surface area contributed by atoms with Crippen molar-refractivity contribution in [3.63, 3.8) is 0 Å². The first kappa shape index (κ1) is 13.9. The molecular formula is C16H20N2S. The quantitative estimate of drug-likeness (QED) is 0.849. The van der Waals surface area contributed by atoms with Crippen LogP contribution in [0.5, 0.6) is 0 Å². The second-order valence-electron chi connectivity index (χ2n) is 5.64. The van der Waals surface area contributed by atoms with Gasteiger partial charge in [-0.3, -0.25) is 4.98 Å². The molecule has 0 saturated heterocycles. The van der Waals surface area contributed by atoms with Gasteiger partial charge in [-0.2, -0.15) is 0 Å². The smallest absolute Gasteiger partial charge is 0.0526 e. The third-order valence-electron chi connectivity index (χ3n) is 2.95. The number of anilines is 1. The van der Waals surface area contributed by atoms with E-state index in [1.165, 1.54) is 10.5 Å². The largest absolute Gasteiger partial charge is 0.399 e. The third kappa shape index (κ3) is 4.00. The Kier molecular flexibility index (Phi) is 4.15. The maximum atomic E-state index is 5.75. The molecule has 2 aromatic rings. The Morgan fingerprint density at radius 2 is 1.79 bits per heavy atom. The van der Waals surface area contributed by atoms with Crippen LogP contribution in [0, 0.1) is 0 Å². The molecule has 2 rings (SSSR count). The Bertz CT molecular complexity index is 541. The highest BCUT2D eigenvalue weighted by molar-refractivity contribution is 7.98. The molecule has 1 aromatic carbocycles. The predicted octanol–water partition coefficient (Wildman–Crippen LogP) is 4.25. The van der Waals surface area contributed by atoms with Gasteiger partial charge in [-0.15, -0.1) is 11.8 Å². The number of nitrogens with zero attached hydrogens (tertiary/aromatic N) is 1. The molecule has 0 saturated carbocycles. The van der Waals surface area contributed by atoms with Crippen molar-refractivity contribution in [1.29, 1.82) is 0 Å². The maximum absolute atomic E-state index is 5.75. The fraction of sp³-hybridized carbons (Fsp3) is 0.312. The SMILES string of the molecule is CC(C)(C)c1ccc(SCc2cc(N)ccn2)cc1. The molecule has 3 heteroatoms. The Morgan fingerprint density at radius 1 is 1.11 bits per heavy atom. The van der Waals surface area contributed by atoms with Gasteiger partial charge in [0.15, 0.2) is 0 Å². The topological polar surface area (TPSA) is 38.9 Å². The van der Waals surface area contributed by atoms with Crippen LogP contribution in [0.25, 0.3) is 0 Å². The molecular weight excluding hydrogens is 252 g/mol. The Hall–Kier alpha value is -1.48. The van der Waals surface area contributed by atoms with Gasteiger partial charge in [-0.1, -0.05) is 32.9 Å². The number of rotatable bonds is 3. The molecule has 1 aromatic heterocycles. The van der Waals surface area contributed by atoms with E-state index in [4.69, 9.17) is 5.73 Å².